The largest absolute Gasteiger partial charge is 0.493 e. The molecule has 0 radical (unpaired) electrons. The van der Waals surface area contributed by atoms with Crippen LogP contribution in [0.5, 0.6) is 23.0 Å². The van der Waals surface area contributed by atoms with E-state index in [1.54, 1.807) is 20.5 Å². The highest BCUT2D eigenvalue weighted by Crippen LogP contribution is 2.37. The van der Waals surface area contributed by atoms with Crippen LogP contribution in [0.2, 0.25) is 0 Å². The van der Waals surface area contributed by atoms with Crippen LogP contribution < -0.4 is 34.6 Å². The third-order valence-electron chi connectivity index (χ3n) is 6.02. The highest BCUT2D eigenvalue weighted by molar-refractivity contribution is 6.11. The first-order chi connectivity index (χ1) is 17.2. The van der Waals surface area contributed by atoms with Gasteiger partial charge < -0.3 is 29.6 Å². The smallest absolute Gasteiger partial charge is 0.237 e. The molecule has 0 unspecified atom stereocenters. The summed E-state index contributed by atoms with van der Waals surface area (Å²) in [6.45, 7) is 0.961. The molecule has 1 aliphatic heterocycles. The Bertz CT molecular complexity index is 1530. The fourth-order valence-corrected chi connectivity index (χ4v) is 4.26. The lowest BCUT2D eigenvalue weighted by molar-refractivity contribution is -0.351. The van der Waals surface area contributed by atoms with Crippen LogP contribution in [0.25, 0.3) is 21.9 Å². The molecule has 0 bridgehead atoms. The second-order valence-electron chi connectivity index (χ2n) is 8.12. The topological polar surface area (TPSA) is 104 Å². The number of H-pyrrole nitrogens is 2. The van der Waals surface area contributed by atoms with Crippen molar-refractivity contribution in [3.8, 4) is 23.0 Å². The van der Waals surface area contributed by atoms with Crippen molar-refractivity contribution in [2.24, 2.45) is 0 Å². The zero-order chi connectivity index (χ0) is 23.8. The summed E-state index contributed by atoms with van der Waals surface area (Å²) in [4.78, 5) is 11.1. The van der Waals surface area contributed by atoms with Crippen LogP contribution in [0, 0.1) is 0 Å². The molecule has 3 aromatic carbocycles. The van der Waals surface area contributed by atoms with Crippen molar-refractivity contribution in [2.45, 2.75) is 6.54 Å². The number of hydrogen-bond acceptors (Lipinski definition) is 7. The van der Waals surface area contributed by atoms with Crippen molar-refractivity contribution in [1.82, 2.24) is 9.97 Å². The van der Waals surface area contributed by atoms with E-state index in [0.717, 1.165) is 56.2 Å². The first kappa shape index (κ1) is 20.9. The minimum Gasteiger partial charge on any atom is -0.493 e. The van der Waals surface area contributed by atoms with Crippen LogP contribution in [-0.2, 0) is 6.54 Å². The maximum absolute atomic E-state index is 5.50. The Morgan fingerprint density at radius 2 is 1.71 bits per heavy atom. The molecule has 0 spiro atoms. The molecule has 0 saturated heterocycles. The van der Waals surface area contributed by atoms with Crippen molar-refractivity contribution in [3.05, 3.63) is 66.5 Å². The Morgan fingerprint density at radius 3 is 2.54 bits per heavy atom. The average molecular weight is 471 g/mol. The molecule has 9 heteroatoms. The molecular weight excluding hydrogens is 446 g/mol. The van der Waals surface area contributed by atoms with Gasteiger partial charge in [-0.1, -0.05) is 11.1 Å². The molecule has 3 heterocycles. The monoisotopic (exact) mass is 470 g/mol. The first-order valence-electron chi connectivity index (χ1n) is 11.2. The predicted molar refractivity (Wildman–Crippen MR) is 133 cm³/mol. The molecule has 0 aliphatic carbocycles. The average Bonchev–Trinajstić information content (AvgIpc) is 3.51. The number of ether oxygens (including phenoxy) is 4. The Morgan fingerprint density at radius 1 is 0.943 bits per heavy atom. The summed E-state index contributed by atoms with van der Waals surface area (Å²) in [5, 5.41) is 8.80. The third-order valence-corrected chi connectivity index (χ3v) is 6.02. The molecule has 1 aliphatic rings. The number of rotatable bonds is 7. The van der Waals surface area contributed by atoms with Crippen LogP contribution in [0.3, 0.4) is 0 Å². The molecule has 0 saturated carbocycles. The minimum atomic E-state index is 0.279. The van der Waals surface area contributed by atoms with Crippen LogP contribution >= 0.6 is 0 Å². The highest BCUT2D eigenvalue weighted by Gasteiger charge is 2.19. The fourth-order valence-electron chi connectivity index (χ4n) is 4.26. The van der Waals surface area contributed by atoms with E-state index in [9.17, 15) is 0 Å². The normalized spacial score (nSPS) is 12.2. The molecule has 4 N–H and O–H groups in total. The number of aromatic amines is 2. The lowest BCUT2D eigenvalue weighted by atomic mass is 10.1. The number of hydrogen-bond donors (Lipinski definition) is 3. The minimum absolute atomic E-state index is 0.279. The first-order valence-corrected chi connectivity index (χ1v) is 11.2. The van der Waals surface area contributed by atoms with E-state index in [2.05, 4.69) is 25.6 Å². The van der Waals surface area contributed by atoms with Crippen molar-refractivity contribution in [2.75, 3.05) is 31.6 Å². The van der Waals surface area contributed by atoms with Gasteiger partial charge in [0.05, 0.1) is 14.2 Å². The van der Waals surface area contributed by atoms with E-state index in [4.69, 9.17) is 18.9 Å². The predicted octanol–water partition coefficient (Wildman–Crippen LogP) is 4.63. The summed E-state index contributed by atoms with van der Waals surface area (Å²) < 4.78 is 21.8. The second-order valence-corrected chi connectivity index (χ2v) is 8.12. The molecule has 5 aromatic rings. The molecule has 176 valence electrons. The summed E-state index contributed by atoms with van der Waals surface area (Å²) in [5.74, 6) is 3.64. The number of fused-ring (bicyclic) bond motifs is 4. The van der Waals surface area contributed by atoms with Gasteiger partial charge in [-0.15, -0.1) is 0 Å². The molecule has 0 amide bonds. The number of methoxy groups -OCH3 is 2. The molecule has 0 atom stereocenters. The fraction of sp³-hybridized carbons (Fsp3) is 0.154. The Balaban J connectivity index is 1.23. The van der Waals surface area contributed by atoms with Gasteiger partial charge in [0.2, 0.25) is 24.6 Å². The number of nitrogens with one attached hydrogen (secondary N) is 4. The van der Waals surface area contributed by atoms with E-state index < -0.39 is 0 Å². The van der Waals surface area contributed by atoms with Crippen molar-refractivity contribution in [3.63, 3.8) is 0 Å². The Hall–Kier alpha value is -4.66. The van der Waals surface area contributed by atoms with Gasteiger partial charge in [-0.25, -0.2) is 4.98 Å². The maximum atomic E-state index is 5.50. The van der Waals surface area contributed by atoms with Crippen LogP contribution in [0.15, 0.2) is 60.9 Å². The van der Waals surface area contributed by atoms with Crippen molar-refractivity contribution < 1.29 is 23.9 Å². The van der Waals surface area contributed by atoms with Gasteiger partial charge in [-0.3, -0.25) is 4.98 Å². The van der Waals surface area contributed by atoms with Gasteiger partial charge in [0.15, 0.2) is 23.0 Å². The quantitative estimate of drug-likeness (QED) is 0.319. The third kappa shape index (κ3) is 3.86. The van der Waals surface area contributed by atoms with Gasteiger partial charge in [0.1, 0.15) is 10.9 Å². The van der Waals surface area contributed by atoms with E-state index in [1.807, 2.05) is 54.6 Å². The maximum Gasteiger partial charge on any atom is 0.237 e. The van der Waals surface area contributed by atoms with E-state index >= 15 is 0 Å². The molecule has 9 nitrogen and oxygen atoms in total. The molecule has 0 fully saturated rings. The Labute approximate surface area is 201 Å². The zero-order valence-electron chi connectivity index (χ0n) is 19.3. The summed E-state index contributed by atoms with van der Waals surface area (Å²) in [6.07, 6.45) is 1.66. The van der Waals surface area contributed by atoms with E-state index in [-0.39, 0.29) is 6.79 Å². The van der Waals surface area contributed by atoms with Gasteiger partial charge in [-0.2, -0.15) is 0 Å². The van der Waals surface area contributed by atoms with Crippen LogP contribution in [-0.4, -0.2) is 31.0 Å². The van der Waals surface area contributed by atoms with Crippen molar-refractivity contribution >= 4 is 39.1 Å². The summed E-state index contributed by atoms with van der Waals surface area (Å²) in [6, 6.07) is 18.0. The highest BCUT2D eigenvalue weighted by atomic mass is 16.7. The Kier molecular flexibility index (Phi) is 5.14. The number of benzene rings is 3. The van der Waals surface area contributed by atoms with Gasteiger partial charge in [0.25, 0.3) is 0 Å². The molecule has 2 aromatic heterocycles. The second kappa shape index (κ2) is 8.60. The van der Waals surface area contributed by atoms with Gasteiger partial charge in [-0.05, 0) is 48.0 Å². The number of nitrogens with zero attached hydrogens (tertiary/aromatic N) is 1. The van der Waals surface area contributed by atoms with E-state index in [1.165, 1.54) is 0 Å². The summed E-state index contributed by atoms with van der Waals surface area (Å²) >= 11 is 0. The zero-order valence-corrected chi connectivity index (χ0v) is 19.3. The lowest BCUT2D eigenvalue weighted by Crippen LogP contribution is -2.06. The lowest BCUT2D eigenvalue weighted by Gasteiger charge is -2.09. The summed E-state index contributed by atoms with van der Waals surface area (Å²) in [7, 11) is 3.25. The molecule has 35 heavy (non-hydrogen) atoms. The van der Waals surface area contributed by atoms with Crippen LogP contribution in [0.1, 0.15) is 5.56 Å². The van der Waals surface area contributed by atoms with E-state index in [0.29, 0.717) is 18.0 Å². The number of aromatic nitrogens is 3. The van der Waals surface area contributed by atoms with Gasteiger partial charge >= 0.3 is 0 Å². The number of anilines is 3. The SMILES string of the molecule is COc1cc2[nH]c3[nH+]cnc(Nc4ccc(NCc5ccc6c(c5)OCO6)cc4)c3c2cc1OC. The van der Waals surface area contributed by atoms with Crippen molar-refractivity contribution in [1.29, 1.82) is 0 Å². The summed E-state index contributed by atoms with van der Waals surface area (Å²) in [5.41, 5.74) is 4.84. The van der Waals surface area contributed by atoms with Crippen LogP contribution in [0.4, 0.5) is 17.2 Å². The standard InChI is InChI=1S/C26H23N5O4/c1-32-21-10-18-19(11-22(21)33-2)31-26-24(18)25(28-13-29-26)30-17-6-4-16(5-7-17)27-12-15-3-8-20-23(9-15)35-14-34-20/h3-11,13,27H,12,14H2,1-2H3,(H2,28,29,30,31)/p+1. The molecular formula is C26H24N5O4+. The van der Waals surface area contributed by atoms with Gasteiger partial charge in [0, 0.05) is 29.4 Å². The molecule has 6 rings (SSSR count).